The smallest absolute Gasteiger partial charge is 0.407 e. The number of hydrogen-bond acceptors (Lipinski definition) is 10. The van der Waals surface area contributed by atoms with E-state index in [1.165, 1.54) is 51.4 Å². The molecule has 4 rings (SSSR count). The summed E-state index contributed by atoms with van der Waals surface area (Å²) in [6.45, 7) is 14.0. The predicted molar refractivity (Wildman–Crippen MR) is 236 cm³/mol. The third-order valence-corrected chi connectivity index (χ3v) is 15.8. The van der Waals surface area contributed by atoms with Crippen molar-refractivity contribution in [1.82, 2.24) is 21.3 Å². The number of rotatable bonds is 24. The Morgan fingerprint density at radius 1 is 0.667 bits per heavy atom. The van der Waals surface area contributed by atoms with E-state index in [1.807, 2.05) is 0 Å². The molecule has 0 heterocycles. The van der Waals surface area contributed by atoms with Crippen LogP contribution in [0.5, 0.6) is 0 Å². The summed E-state index contributed by atoms with van der Waals surface area (Å²) in [5.41, 5.74) is 16.1. The van der Waals surface area contributed by atoms with Gasteiger partial charge in [0.2, 0.25) is 5.91 Å². The van der Waals surface area contributed by atoms with Crippen LogP contribution < -0.4 is 38.5 Å². The highest BCUT2D eigenvalue weighted by Gasteiger charge is 2.70. The maximum Gasteiger partial charge on any atom is 0.407 e. The zero-order valence-corrected chi connectivity index (χ0v) is 38.1. The molecule has 0 aliphatic heterocycles. The molecule has 4 saturated carbocycles. The molecule has 4 amide bonds. The van der Waals surface area contributed by atoms with Gasteiger partial charge in [0.1, 0.15) is 18.3 Å². The van der Waals surface area contributed by atoms with Crippen molar-refractivity contribution in [3.8, 4) is 0 Å². The van der Waals surface area contributed by atoms with Gasteiger partial charge in [0.15, 0.2) is 0 Å². The molecular formula is C46H85N7O7. The predicted octanol–water partition coefficient (Wildman–Crippen LogP) is 6.87. The summed E-state index contributed by atoms with van der Waals surface area (Å²) in [6, 6.07) is 0. The van der Waals surface area contributed by atoms with Gasteiger partial charge < -0.3 is 52.7 Å². The maximum atomic E-state index is 13.5. The minimum Gasteiger partial charge on any atom is -0.446 e. The Morgan fingerprint density at radius 2 is 1.23 bits per heavy atom. The first-order valence-corrected chi connectivity index (χ1v) is 24.0. The molecule has 4 fully saturated rings. The zero-order valence-electron chi connectivity index (χ0n) is 38.1. The Balaban J connectivity index is 1.50. The van der Waals surface area contributed by atoms with Crippen LogP contribution in [0.4, 0.5) is 14.4 Å². The van der Waals surface area contributed by atoms with Crippen LogP contribution in [-0.4, -0.2) is 88.3 Å². The SMILES string of the molecule is CCCCCCCCCCCCNC(=O)CC[C@@H](C)C1CC[C@H]2C3[C@H](OC(=O)NCCN)CC4(C)C[C@H](OC(=O)NCCN)CC[C@]4(C)[C@H]3C[C@H](OC(=O)NCCN)[C@]12C. The first-order chi connectivity index (χ1) is 28.8. The molecule has 0 spiro atoms. The van der Waals surface area contributed by atoms with Gasteiger partial charge in [-0.25, -0.2) is 14.4 Å². The number of carbonyl (C=O) groups is 4. The van der Waals surface area contributed by atoms with Crippen LogP contribution in [0, 0.1) is 45.8 Å². The monoisotopic (exact) mass is 848 g/mol. The van der Waals surface area contributed by atoms with E-state index in [4.69, 9.17) is 31.4 Å². The highest BCUT2D eigenvalue weighted by Crippen LogP contribution is 2.72. The number of ether oxygens (including phenoxy) is 3. The molecule has 4 aliphatic rings. The summed E-state index contributed by atoms with van der Waals surface area (Å²) in [5, 5.41) is 11.6. The first kappa shape index (κ1) is 49.8. The van der Waals surface area contributed by atoms with E-state index in [2.05, 4.69) is 55.9 Å². The van der Waals surface area contributed by atoms with Gasteiger partial charge >= 0.3 is 18.3 Å². The van der Waals surface area contributed by atoms with Gasteiger partial charge in [-0.1, -0.05) is 92.4 Å². The largest absolute Gasteiger partial charge is 0.446 e. The number of amides is 4. The number of fused-ring (bicyclic) bond motifs is 5. The number of hydrogen-bond donors (Lipinski definition) is 7. The van der Waals surface area contributed by atoms with Gasteiger partial charge in [-0.05, 0) is 92.3 Å². The van der Waals surface area contributed by atoms with Crippen molar-refractivity contribution >= 4 is 24.2 Å². The Bertz CT molecular complexity index is 1360. The number of unbranched alkanes of at least 4 members (excludes halogenated alkanes) is 9. The van der Waals surface area contributed by atoms with Gasteiger partial charge in [0.05, 0.1) is 0 Å². The second-order valence-electron chi connectivity index (χ2n) is 19.6. The van der Waals surface area contributed by atoms with Crippen molar-refractivity contribution in [3.63, 3.8) is 0 Å². The lowest BCUT2D eigenvalue weighted by Gasteiger charge is -2.67. The molecule has 0 aromatic carbocycles. The average molecular weight is 848 g/mol. The fourth-order valence-electron chi connectivity index (χ4n) is 12.4. The molecule has 14 heteroatoms. The van der Waals surface area contributed by atoms with Gasteiger partial charge in [0, 0.05) is 63.6 Å². The molecule has 0 aromatic heterocycles. The molecule has 0 bridgehead atoms. The van der Waals surface area contributed by atoms with E-state index in [9.17, 15) is 19.2 Å². The number of nitrogens with one attached hydrogen (secondary N) is 4. The topological polar surface area (TPSA) is 222 Å². The van der Waals surface area contributed by atoms with Gasteiger partial charge in [-0.2, -0.15) is 0 Å². The van der Waals surface area contributed by atoms with Crippen LogP contribution >= 0.6 is 0 Å². The highest BCUT2D eigenvalue weighted by atomic mass is 16.6. The second-order valence-corrected chi connectivity index (χ2v) is 19.6. The molecule has 346 valence electrons. The standard InChI is InChI=1S/C46H85N7O7/c1-6-7-8-9-10-11-12-13-14-15-25-50-39(54)19-16-32(2)34-17-18-35-40-36(29-38(46(34,35)5)60-43(57)53-28-24-49)45(4)21-20-33(58-41(55)51-26-22-47)30-44(45,3)31-37(40)59-42(56)52-27-23-48/h32-38,40H,6-31,47-49H2,1-5H3,(H,50,54)(H,51,55)(H,52,56)(H,53,57)/t32-,33-,34?,35+,36+,37-,38+,40?,44?,45-,46-/m1/s1. The molecule has 4 aliphatic carbocycles. The summed E-state index contributed by atoms with van der Waals surface area (Å²) < 4.78 is 18.9. The molecule has 10 N–H and O–H groups in total. The molecular weight excluding hydrogens is 763 g/mol. The van der Waals surface area contributed by atoms with Crippen molar-refractivity contribution in [2.75, 3.05) is 45.8 Å². The normalized spacial score (nSPS) is 32.4. The molecule has 0 aromatic rings. The third-order valence-electron chi connectivity index (χ3n) is 15.8. The number of carbonyl (C=O) groups excluding carboxylic acids is 4. The minimum absolute atomic E-state index is 0.0236. The Kier molecular flexibility index (Phi) is 20.0. The summed E-state index contributed by atoms with van der Waals surface area (Å²) in [7, 11) is 0. The zero-order chi connectivity index (χ0) is 43.8. The summed E-state index contributed by atoms with van der Waals surface area (Å²) in [4.78, 5) is 52.7. The van der Waals surface area contributed by atoms with Gasteiger partial charge in [-0.15, -0.1) is 0 Å². The van der Waals surface area contributed by atoms with E-state index in [1.54, 1.807) is 0 Å². The van der Waals surface area contributed by atoms with Crippen molar-refractivity contribution < 1.29 is 33.4 Å². The second kappa shape index (κ2) is 24.1. The van der Waals surface area contributed by atoms with Crippen molar-refractivity contribution in [2.45, 2.75) is 175 Å². The van der Waals surface area contributed by atoms with Gasteiger partial charge in [0.25, 0.3) is 0 Å². The Hall–Kier alpha value is -2.84. The van der Waals surface area contributed by atoms with Crippen molar-refractivity contribution in [3.05, 3.63) is 0 Å². The molecule has 14 nitrogen and oxygen atoms in total. The minimum atomic E-state index is -0.478. The Labute approximate surface area is 361 Å². The van der Waals surface area contributed by atoms with Crippen molar-refractivity contribution in [2.24, 2.45) is 63.0 Å². The van der Waals surface area contributed by atoms with Crippen LogP contribution in [0.1, 0.15) is 157 Å². The fourth-order valence-corrected chi connectivity index (χ4v) is 12.4. The van der Waals surface area contributed by atoms with E-state index >= 15 is 0 Å². The Morgan fingerprint density at radius 3 is 1.83 bits per heavy atom. The molecule has 11 atom stereocenters. The summed E-state index contributed by atoms with van der Waals surface area (Å²) in [5.74, 6) is 0.679. The highest BCUT2D eigenvalue weighted by molar-refractivity contribution is 5.75. The van der Waals surface area contributed by atoms with E-state index < -0.39 is 35.9 Å². The van der Waals surface area contributed by atoms with E-state index in [0.717, 1.165) is 45.1 Å². The maximum absolute atomic E-state index is 13.5. The third kappa shape index (κ3) is 12.6. The lowest BCUT2D eigenvalue weighted by molar-refractivity contribution is -0.232. The average Bonchev–Trinajstić information content (AvgIpc) is 3.58. The van der Waals surface area contributed by atoms with Gasteiger partial charge in [-0.3, -0.25) is 4.79 Å². The summed E-state index contributed by atoms with van der Waals surface area (Å²) in [6.07, 6.45) is 16.6. The molecule has 0 saturated heterocycles. The number of nitrogens with two attached hydrogens (primary N) is 3. The van der Waals surface area contributed by atoms with Crippen molar-refractivity contribution in [1.29, 1.82) is 0 Å². The molecule has 0 radical (unpaired) electrons. The van der Waals surface area contributed by atoms with Crippen LogP contribution in [-0.2, 0) is 19.0 Å². The van der Waals surface area contributed by atoms with Crippen LogP contribution in [0.15, 0.2) is 0 Å². The summed E-state index contributed by atoms with van der Waals surface area (Å²) >= 11 is 0. The van der Waals surface area contributed by atoms with Crippen LogP contribution in [0.25, 0.3) is 0 Å². The van der Waals surface area contributed by atoms with E-state index in [0.29, 0.717) is 71.4 Å². The molecule has 3 unspecified atom stereocenters. The van der Waals surface area contributed by atoms with E-state index in [-0.39, 0.29) is 52.4 Å². The van der Waals surface area contributed by atoms with Crippen LogP contribution in [0.2, 0.25) is 0 Å². The molecule has 60 heavy (non-hydrogen) atoms. The quantitative estimate of drug-likeness (QED) is 0.0395. The lowest BCUT2D eigenvalue weighted by Crippen LogP contribution is -2.66. The van der Waals surface area contributed by atoms with Crippen LogP contribution in [0.3, 0.4) is 0 Å². The fraction of sp³-hybridized carbons (Fsp3) is 0.913. The lowest BCUT2D eigenvalue weighted by atomic mass is 9.39. The number of alkyl carbamates (subject to hydrolysis) is 3. The first-order valence-electron chi connectivity index (χ1n) is 24.0.